The van der Waals surface area contributed by atoms with Crippen molar-refractivity contribution in [2.45, 2.75) is 19.0 Å². The summed E-state index contributed by atoms with van der Waals surface area (Å²) >= 11 is 0. The first-order valence-electron chi connectivity index (χ1n) is 4.28. The Kier molecular flexibility index (Phi) is 3.20. The number of rotatable bonds is 2. The van der Waals surface area contributed by atoms with Crippen molar-refractivity contribution in [2.75, 3.05) is 5.73 Å². The number of nitrogen functional groups attached to an aromatic ring is 1. The predicted octanol–water partition coefficient (Wildman–Crippen LogP) is 2.64. The fourth-order valence-electron chi connectivity index (χ4n) is 1.20. The van der Waals surface area contributed by atoms with Crippen LogP contribution in [0.15, 0.2) is 18.2 Å². The summed E-state index contributed by atoms with van der Waals surface area (Å²) in [5.74, 6) is 0. The Morgan fingerprint density at radius 1 is 1.33 bits per heavy atom. The summed E-state index contributed by atoms with van der Waals surface area (Å²) in [5.41, 5.74) is 6.26. The molecule has 15 heavy (non-hydrogen) atoms. The fourth-order valence-corrected chi connectivity index (χ4v) is 1.20. The topological polar surface area (TPSA) is 49.8 Å². The Bertz CT molecular complexity index is 391. The molecule has 5 heteroatoms. The molecule has 0 atom stereocenters. The van der Waals surface area contributed by atoms with Crippen LogP contribution < -0.4 is 5.73 Å². The number of anilines is 1. The van der Waals surface area contributed by atoms with Crippen molar-refractivity contribution in [3.63, 3.8) is 0 Å². The van der Waals surface area contributed by atoms with Crippen LogP contribution in [0.2, 0.25) is 0 Å². The fraction of sp³-hybridized carbons (Fsp3) is 0.300. The maximum Gasteiger partial charge on any atom is 0.389 e. The molecular formula is C10H9F3N2. The van der Waals surface area contributed by atoms with Gasteiger partial charge in [-0.2, -0.15) is 18.4 Å². The molecule has 0 saturated heterocycles. The van der Waals surface area contributed by atoms with Gasteiger partial charge >= 0.3 is 6.18 Å². The molecule has 0 bridgehead atoms. The van der Waals surface area contributed by atoms with Crippen LogP contribution in [0, 0.1) is 11.3 Å². The van der Waals surface area contributed by atoms with Crippen LogP contribution in [0.25, 0.3) is 0 Å². The molecule has 0 amide bonds. The van der Waals surface area contributed by atoms with Gasteiger partial charge in [-0.3, -0.25) is 0 Å². The van der Waals surface area contributed by atoms with Gasteiger partial charge in [0.2, 0.25) is 0 Å². The second-order valence-corrected chi connectivity index (χ2v) is 3.11. The van der Waals surface area contributed by atoms with E-state index in [9.17, 15) is 13.2 Å². The highest BCUT2D eigenvalue weighted by Gasteiger charge is 2.26. The number of hydrogen-bond donors (Lipinski definition) is 1. The predicted molar refractivity (Wildman–Crippen MR) is 49.9 cm³/mol. The molecule has 1 aromatic carbocycles. The molecule has 0 heterocycles. The molecule has 0 aliphatic carbocycles. The molecule has 0 fully saturated rings. The van der Waals surface area contributed by atoms with Gasteiger partial charge in [-0.05, 0) is 18.1 Å². The van der Waals surface area contributed by atoms with Gasteiger partial charge in [-0.15, -0.1) is 0 Å². The number of para-hydroxylation sites is 1. The number of alkyl halides is 3. The van der Waals surface area contributed by atoms with Gasteiger partial charge in [0.25, 0.3) is 0 Å². The van der Waals surface area contributed by atoms with Crippen molar-refractivity contribution in [1.29, 1.82) is 5.26 Å². The SMILES string of the molecule is N#Cc1cccc(CCC(F)(F)F)c1N. The number of aryl methyl sites for hydroxylation is 1. The van der Waals surface area contributed by atoms with Crippen LogP contribution in [-0.4, -0.2) is 6.18 Å². The Labute approximate surface area is 85.1 Å². The van der Waals surface area contributed by atoms with Crippen molar-refractivity contribution >= 4 is 5.69 Å². The zero-order chi connectivity index (χ0) is 11.5. The normalized spacial score (nSPS) is 11.1. The van der Waals surface area contributed by atoms with Crippen molar-refractivity contribution in [3.8, 4) is 6.07 Å². The summed E-state index contributed by atoms with van der Waals surface area (Å²) in [5, 5.41) is 8.62. The second-order valence-electron chi connectivity index (χ2n) is 3.11. The molecule has 0 aliphatic heterocycles. The number of halogens is 3. The van der Waals surface area contributed by atoms with Crippen LogP contribution in [0.3, 0.4) is 0 Å². The Morgan fingerprint density at radius 3 is 2.53 bits per heavy atom. The first-order valence-corrected chi connectivity index (χ1v) is 4.28. The number of hydrogen-bond acceptors (Lipinski definition) is 2. The third kappa shape index (κ3) is 3.17. The van der Waals surface area contributed by atoms with E-state index in [1.165, 1.54) is 18.2 Å². The van der Waals surface area contributed by atoms with E-state index in [1.54, 1.807) is 0 Å². The van der Waals surface area contributed by atoms with E-state index in [0.29, 0.717) is 5.56 Å². The molecule has 0 unspecified atom stereocenters. The maximum atomic E-state index is 11.9. The quantitative estimate of drug-likeness (QED) is 0.769. The Hall–Kier alpha value is -1.70. The van der Waals surface area contributed by atoms with Gasteiger partial charge in [0, 0.05) is 6.42 Å². The molecule has 0 spiro atoms. The number of nitriles is 1. The summed E-state index contributed by atoms with van der Waals surface area (Å²) < 4.78 is 35.8. The molecule has 1 aromatic rings. The monoisotopic (exact) mass is 214 g/mol. The summed E-state index contributed by atoms with van der Waals surface area (Å²) in [6, 6.07) is 6.34. The Balaban J connectivity index is 2.83. The third-order valence-corrected chi connectivity index (χ3v) is 1.99. The zero-order valence-electron chi connectivity index (χ0n) is 7.80. The molecule has 0 aliphatic rings. The summed E-state index contributed by atoms with van der Waals surface area (Å²) in [7, 11) is 0. The zero-order valence-corrected chi connectivity index (χ0v) is 7.80. The molecule has 2 nitrogen and oxygen atoms in total. The molecule has 80 valence electrons. The van der Waals surface area contributed by atoms with E-state index in [-0.39, 0.29) is 17.7 Å². The third-order valence-electron chi connectivity index (χ3n) is 1.99. The van der Waals surface area contributed by atoms with E-state index in [2.05, 4.69) is 0 Å². The first kappa shape index (κ1) is 11.4. The number of benzene rings is 1. The molecule has 1 rings (SSSR count). The van der Waals surface area contributed by atoms with Gasteiger partial charge in [0.15, 0.2) is 0 Å². The molecule has 0 aromatic heterocycles. The number of nitrogens with two attached hydrogens (primary N) is 1. The van der Waals surface area contributed by atoms with E-state index in [0.717, 1.165) is 0 Å². The minimum absolute atomic E-state index is 0.143. The highest BCUT2D eigenvalue weighted by Crippen LogP contribution is 2.25. The van der Waals surface area contributed by atoms with Crippen molar-refractivity contribution in [2.24, 2.45) is 0 Å². The highest BCUT2D eigenvalue weighted by atomic mass is 19.4. The maximum absolute atomic E-state index is 11.9. The lowest BCUT2D eigenvalue weighted by Gasteiger charge is -2.08. The van der Waals surface area contributed by atoms with E-state index < -0.39 is 12.6 Å². The molecule has 2 N–H and O–H groups in total. The average molecular weight is 214 g/mol. The van der Waals surface area contributed by atoms with Gasteiger partial charge in [-0.25, -0.2) is 0 Å². The summed E-state index contributed by atoms with van der Waals surface area (Å²) in [4.78, 5) is 0. The van der Waals surface area contributed by atoms with Crippen LogP contribution in [0.1, 0.15) is 17.5 Å². The van der Waals surface area contributed by atoms with Crippen molar-refractivity contribution < 1.29 is 13.2 Å². The smallest absolute Gasteiger partial charge is 0.389 e. The lowest BCUT2D eigenvalue weighted by Crippen LogP contribution is -2.09. The van der Waals surface area contributed by atoms with Gasteiger partial charge in [-0.1, -0.05) is 12.1 Å². The average Bonchev–Trinajstić information content (AvgIpc) is 2.15. The summed E-state index contributed by atoms with van der Waals surface area (Å²) in [6.45, 7) is 0. The van der Waals surface area contributed by atoms with Gasteiger partial charge < -0.3 is 5.73 Å². The van der Waals surface area contributed by atoms with Crippen LogP contribution in [0.5, 0.6) is 0 Å². The van der Waals surface area contributed by atoms with Crippen molar-refractivity contribution in [3.05, 3.63) is 29.3 Å². The van der Waals surface area contributed by atoms with Crippen LogP contribution in [0.4, 0.5) is 18.9 Å². The van der Waals surface area contributed by atoms with Gasteiger partial charge in [0.05, 0.1) is 11.3 Å². The minimum Gasteiger partial charge on any atom is -0.397 e. The largest absolute Gasteiger partial charge is 0.397 e. The standard InChI is InChI=1S/C10H9F3N2/c11-10(12,13)5-4-7-2-1-3-8(6-14)9(7)15/h1-3H,4-5,15H2. The molecule has 0 radical (unpaired) electrons. The Morgan fingerprint density at radius 2 is 2.00 bits per heavy atom. The van der Waals surface area contributed by atoms with Crippen LogP contribution in [-0.2, 0) is 6.42 Å². The first-order chi connectivity index (χ1) is 6.94. The van der Waals surface area contributed by atoms with E-state index in [4.69, 9.17) is 11.0 Å². The highest BCUT2D eigenvalue weighted by molar-refractivity contribution is 5.59. The van der Waals surface area contributed by atoms with Crippen molar-refractivity contribution in [1.82, 2.24) is 0 Å². The van der Waals surface area contributed by atoms with Crippen LogP contribution >= 0.6 is 0 Å². The summed E-state index contributed by atoms with van der Waals surface area (Å²) in [6.07, 6.45) is -5.31. The lowest BCUT2D eigenvalue weighted by atomic mass is 10.0. The minimum atomic E-state index is -4.20. The number of nitrogens with zero attached hydrogens (tertiary/aromatic N) is 1. The lowest BCUT2D eigenvalue weighted by molar-refractivity contribution is -0.133. The van der Waals surface area contributed by atoms with Gasteiger partial charge in [0.1, 0.15) is 6.07 Å². The van der Waals surface area contributed by atoms with E-state index >= 15 is 0 Å². The molecule has 0 saturated carbocycles. The second kappa shape index (κ2) is 4.22. The molecular weight excluding hydrogens is 205 g/mol. The van der Waals surface area contributed by atoms with E-state index in [1.807, 2.05) is 6.07 Å².